The fraction of sp³-hybridized carbons (Fsp3) is 0.0476. The number of esters is 1. The molecule has 2 heterocycles. The SMILES string of the molecule is Cc1c(OC(=O)c2cccs2)ccc2c1O/C(=C\c1cccc(F)c1)C2=O. The van der Waals surface area contributed by atoms with Gasteiger partial charge in [0.05, 0.1) is 5.56 Å². The van der Waals surface area contributed by atoms with Crippen molar-refractivity contribution in [1.29, 1.82) is 0 Å². The molecule has 0 amide bonds. The predicted octanol–water partition coefficient (Wildman–Crippen LogP) is 5.03. The second-order valence-electron chi connectivity index (χ2n) is 5.93. The van der Waals surface area contributed by atoms with Crippen LogP contribution in [-0.4, -0.2) is 11.8 Å². The Bertz CT molecular complexity index is 1080. The second-order valence-corrected chi connectivity index (χ2v) is 6.87. The van der Waals surface area contributed by atoms with E-state index in [0.29, 0.717) is 33.1 Å². The quantitative estimate of drug-likeness (QED) is 0.363. The molecule has 4 nitrogen and oxygen atoms in total. The largest absolute Gasteiger partial charge is 0.452 e. The first kappa shape index (κ1) is 17.2. The van der Waals surface area contributed by atoms with E-state index in [4.69, 9.17) is 9.47 Å². The molecule has 0 radical (unpaired) electrons. The van der Waals surface area contributed by atoms with Crippen LogP contribution < -0.4 is 9.47 Å². The molecule has 4 rings (SSSR count). The highest BCUT2D eigenvalue weighted by molar-refractivity contribution is 7.12. The van der Waals surface area contributed by atoms with E-state index in [-0.39, 0.29) is 11.5 Å². The van der Waals surface area contributed by atoms with Crippen molar-refractivity contribution in [2.45, 2.75) is 6.92 Å². The summed E-state index contributed by atoms with van der Waals surface area (Å²) in [5, 5.41) is 1.79. The van der Waals surface area contributed by atoms with E-state index in [2.05, 4.69) is 0 Å². The number of allylic oxidation sites excluding steroid dienone is 1. The van der Waals surface area contributed by atoms with Crippen LogP contribution in [0.1, 0.15) is 31.2 Å². The van der Waals surface area contributed by atoms with Crippen LogP contribution in [0.5, 0.6) is 11.5 Å². The molecule has 3 aromatic rings. The molecule has 0 saturated heterocycles. The minimum Gasteiger partial charge on any atom is -0.452 e. The van der Waals surface area contributed by atoms with Gasteiger partial charge in [-0.15, -0.1) is 11.3 Å². The van der Waals surface area contributed by atoms with Crippen LogP contribution in [0.25, 0.3) is 6.08 Å². The van der Waals surface area contributed by atoms with E-state index >= 15 is 0 Å². The van der Waals surface area contributed by atoms with Crippen molar-refractivity contribution < 1.29 is 23.5 Å². The van der Waals surface area contributed by atoms with Gasteiger partial charge >= 0.3 is 5.97 Å². The standard InChI is InChI=1S/C21H13FO4S/c1-12-16(26-21(24)18-6-3-9-27-18)8-7-15-19(23)17(25-20(12)15)11-13-4-2-5-14(22)10-13/h2-11H,1H3/b17-11-. The summed E-state index contributed by atoms with van der Waals surface area (Å²) in [6.45, 7) is 1.72. The third-order valence-electron chi connectivity index (χ3n) is 4.11. The number of carbonyl (C=O) groups is 2. The maximum absolute atomic E-state index is 13.4. The Hall–Kier alpha value is -3.25. The molecular weight excluding hydrogens is 367 g/mol. The van der Waals surface area contributed by atoms with Crippen molar-refractivity contribution in [2.24, 2.45) is 0 Å². The molecule has 0 unspecified atom stereocenters. The molecule has 0 bridgehead atoms. The van der Waals surface area contributed by atoms with Crippen LogP contribution in [-0.2, 0) is 0 Å². The van der Waals surface area contributed by atoms with Crippen molar-refractivity contribution in [2.75, 3.05) is 0 Å². The number of thiophene rings is 1. The van der Waals surface area contributed by atoms with Gasteiger partial charge in [0.15, 0.2) is 5.76 Å². The molecular formula is C21H13FO4S. The molecule has 134 valence electrons. The number of Topliss-reactive ketones (excluding diaryl/α,β-unsaturated/α-hetero) is 1. The molecule has 1 aliphatic rings. The molecule has 0 atom stereocenters. The fourth-order valence-electron chi connectivity index (χ4n) is 2.77. The zero-order valence-electron chi connectivity index (χ0n) is 14.2. The molecule has 0 aliphatic carbocycles. The van der Waals surface area contributed by atoms with Gasteiger partial charge in [-0.1, -0.05) is 18.2 Å². The molecule has 2 aromatic carbocycles. The highest BCUT2D eigenvalue weighted by Crippen LogP contribution is 2.39. The lowest BCUT2D eigenvalue weighted by molar-refractivity contribution is 0.0738. The van der Waals surface area contributed by atoms with Gasteiger partial charge in [0.25, 0.3) is 0 Å². The first-order valence-electron chi connectivity index (χ1n) is 8.12. The van der Waals surface area contributed by atoms with Crippen LogP contribution in [0.2, 0.25) is 0 Å². The van der Waals surface area contributed by atoms with Crippen LogP contribution in [0, 0.1) is 12.7 Å². The third-order valence-corrected chi connectivity index (χ3v) is 4.96. The Morgan fingerprint density at radius 3 is 2.78 bits per heavy atom. The number of hydrogen-bond donors (Lipinski definition) is 0. The number of ketones is 1. The van der Waals surface area contributed by atoms with E-state index in [9.17, 15) is 14.0 Å². The summed E-state index contributed by atoms with van der Waals surface area (Å²) in [6, 6.07) is 12.5. The molecule has 27 heavy (non-hydrogen) atoms. The molecule has 1 aliphatic heterocycles. The summed E-state index contributed by atoms with van der Waals surface area (Å²) in [5.74, 6) is -0.390. The lowest BCUT2D eigenvalue weighted by atomic mass is 10.1. The number of halogens is 1. The van der Waals surface area contributed by atoms with Gasteiger partial charge in [-0.2, -0.15) is 0 Å². The van der Waals surface area contributed by atoms with Gasteiger partial charge in [0, 0.05) is 5.56 Å². The van der Waals surface area contributed by atoms with Crippen molar-refractivity contribution >= 4 is 29.2 Å². The second kappa shape index (κ2) is 6.81. The Balaban J connectivity index is 1.64. The monoisotopic (exact) mass is 380 g/mol. The van der Waals surface area contributed by atoms with Gasteiger partial charge in [0.1, 0.15) is 22.2 Å². The minimum absolute atomic E-state index is 0.0976. The summed E-state index contributed by atoms with van der Waals surface area (Å²) in [6.07, 6.45) is 1.49. The average molecular weight is 380 g/mol. The van der Waals surface area contributed by atoms with Crippen LogP contribution in [0.4, 0.5) is 4.39 Å². The van der Waals surface area contributed by atoms with Gasteiger partial charge in [-0.25, -0.2) is 9.18 Å². The average Bonchev–Trinajstić information content (AvgIpc) is 3.28. The Morgan fingerprint density at radius 1 is 1.19 bits per heavy atom. The van der Waals surface area contributed by atoms with Crippen molar-refractivity contribution in [3.63, 3.8) is 0 Å². The molecule has 0 N–H and O–H groups in total. The van der Waals surface area contributed by atoms with E-state index < -0.39 is 11.8 Å². The van der Waals surface area contributed by atoms with E-state index in [0.717, 1.165) is 0 Å². The molecule has 1 aromatic heterocycles. The highest BCUT2D eigenvalue weighted by Gasteiger charge is 2.30. The topological polar surface area (TPSA) is 52.6 Å². The molecule has 0 fully saturated rings. The first-order chi connectivity index (χ1) is 13.0. The summed E-state index contributed by atoms with van der Waals surface area (Å²) < 4.78 is 24.5. The normalized spacial score (nSPS) is 14.1. The van der Waals surface area contributed by atoms with Gasteiger partial charge < -0.3 is 9.47 Å². The summed E-state index contributed by atoms with van der Waals surface area (Å²) in [5.41, 5.74) is 1.45. The van der Waals surface area contributed by atoms with Crippen molar-refractivity contribution in [3.8, 4) is 11.5 Å². The van der Waals surface area contributed by atoms with Gasteiger partial charge in [-0.3, -0.25) is 4.79 Å². The number of benzene rings is 2. The van der Waals surface area contributed by atoms with Crippen LogP contribution in [0.3, 0.4) is 0 Å². The zero-order valence-corrected chi connectivity index (χ0v) is 15.0. The maximum Gasteiger partial charge on any atom is 0.353 e. The Labute approximate surface area is 158 Å². The van der Waals surface area contributed by atoms with E-state index in [1.807, 2.05) is 0 Å². The van der Waals surface area contributed by atoms with E-state index in [1.165, 1.54) is 29.5 Å². The number of hydrogen-bond acceptors (Lipinski definition) is 5. The number of fused-ring (bicyclic) bond motifs is 1. The van der Waals surface area contributed by atoms with E-state index in [1.54, 1.807) is 48.7 Å². The molecule has 0 saturated carbocycles. The lowest BCUT2D eigenvalue weighted by Crippen LogP contribution is -2.07. The van der Waals surface area contributed by atoms with Crippen LogP contribution in [0.15, 0.2) is 59.7 Å². The number of carbonyl (C=O) groups excluding carboxylic acids is 2. The zero-order chi connectivity index (χ0) is 19.0. The minimum atomic E-state index is -0.465. The fourth-order valence-corrected chi connectivity index (χ4v) is 3.37. The summed E-state index contributed by atoms with van der Waals surface area (Å²) >= 11 is 1.29. The highest BCUT2D eigenvalue weighted by atomic mass is 32.1. The molecule has 6 heteroatoms. The summed E-state index contributed by atoms with van der Waals surface area (Å²) in [7, 11) is 0. The lowest BCUT2D eigenvalue weighted by Gasteiger charge is -2.09. The smallest absolute Gasteiger partial charge is 0.353 e. The number of ether oxygens (including phenoxy) is 2. The van der Waals surface area contributed by atoms with Crippen molar-refractivity contribution in [1.82, 2.24) is 0 Å². The first-order valence-corrected chi connectivity index (χ1v) is 9.00. The predicted molar refractivity (Wildman–Crippen MR) is 99.8 cm³/mol. The maximum atomic E-state index is 13.4. The number of rotatable bonds is 3. The Kier molecular flexibility index (Phi) is 4.33. The van der Waals surface area contributed by atoms with Crippen molar-refractivity contribution in [3.05, 3.63) is 87.1 Å². The summed E-state index contributed by atoms with van der Waals surface area (Å²) in [4.78, 5) is 25.2. The third kappa shape index (κ3) is 3.27. The van der Waals surface area contributed by atoms with Crippen LogP contribution >= 0.6 is 11.3 Å². The van der Waals surface area contributed by atoms with Gasteiger partial charge in [-0.05, 0) is 54.3 Å². The van der Waals surface area contributed by atoms with Gasteiger partial charge in [0.2, 0.25) is 5.78 Å². The Morgan fingerprint density at radius 2 is 2.04 bits per heavy atom. The molecule has 0 spiro atoms.